The summed E-state index contributed by atoms with van der Waals surface area (Å²) in [6, 6.07) is 10.6. The summed E-state index contributed by atoms with van der Waals surface area (Å²) in [5.41, 5.74) is 1.68. The Balaban J connectivity index is 1.69. The normalized spacial score (nSPS) is 21.6. The highest BCUT2D eigenvalue weighted by Gasteiger charge is 2.41. The van der Waals surface area contributed by atoms with Crippen molar-refractivity contribution in [3.8, 4) is 0 Å². The van der Waals surface area contributed by atoms with Crippen LogP contribution in [0.15, 0.2) is 42.7 Å². The number of aromatic nitrogens is 2. The highest BCUT2D eigenvalue weighted by Crippen LogP contribution is 2.43. The lowest BCUT2D eigenvalue weighted by Crippen LogP contribution is -2.45. The number of ether oxygens (including phenoxy) is 1. The van der Waals surface area contributed by atoms with E-state index in [9.17, 15) is 4.79 Å². The first-order chi connectivity index (χ1) is 12.9. The summed E-state index contributed by atoms with van der Waals surface area (Å²) in [6.07, 6.45) is 6.75. The van der Waals surface area contributed by atoms with E-state index in [4.69, 9.17) is 4.74 Å². The van der Waals surface area contributed by atoms with Crippen LogP contribution in [-0.2, 0) is 16.6 Å². The molecule has 144 valence electrons. The topological polar surface area (TPSA) is 64.1 Å². The van der Waals surface area contributed by atoms with Crippen LogP contribution in [0.25, 0.3) is 0 Å². The van der Waals surface area contributed by atoms with E-state index in [1.165, 1.54) is 5.56 Å². The third-order valence-corrected chi connectivity index (χ3v) is 5.40. The van der Waals surface area contributed by atoms with Gasteiger partial charge in [-0.25, -0.2) is 9.97 Å². The molecular weight excluding hydrogens is 338 g/mol. The molecule has 5 nitrogen and oxygen atoms in total. The Morgan fingerprint density at radius 3 is 2.52 bits per heavy atom. The number of hydrogen-bond acceptors (Lipinski definition) is 4. The minimum Gasteiger partial charge on any atom is -0.376 e. The standard InChI is InChI=1S/C22H29N3O2/c1-4-19-24-14-17(15-25-19)20(26)23-12-10-22(18-8-6-5-7-9-18)11-13-27-21(2,3)16-22/h5-9,14-15H,4,10-13,16H2,1-3H3,(H,23,26)/t22-/m0/s1. The fraction of sp³-hybridized carbons (Fsp3) is 0.500. The number of aryl methyl sites for hydroxylation is 1. The van der Waals surface area contributed by atoms with E-state index in [0.29, 0.717) is 12.1 Å². The van der Waals surface area contributed by atoms with Crippen molar-refractivity contribution in [2.75, 3.05) is 13.2 Å². The Hall–Kier alpha value is -2.27. The van der Waals surface area contributed by atoms with Crippen LogP contribution < -0.4 is 5.32 Å². The molecule has 27 heavy (non-hydrogen) atoms. The fourth-order valence-electron chi connectivity index (χ4n) is 4.04. The summed E-state index contributed by atoms with van der Waals surface area (Å²) in [5.74, 6) is 0.631. The molecule has 1 aromatic heterocycles. The van der Waals surface area contributed by atoms with Crippen molar-refractivity contribution in [1.29, 1.82) is 0 Å². The molecule has 5 heteroatoms. The third-order valence-electron chi connectivity index (χ3n) is 5.40. The zero-order valence-electron chi connectivity index (χ0n) is 16.5. The van der Waals surface area contributed by atoms with Gasteiger partial charge in [-0.3, -0.25) is 4.79 Å². The van der Waals surface area contributed by atoms with E-state index < -0.39 is 0 Å². The van der Waals surface area contributed by atoms with E-state index >= 15 is 0 Å². The lowest BCUT2D eigenvalue weighted by Gasteiger charge is -2.45. The molecule has 1 fully saturated rings. The summed E-state index contributed by atoms with van der Waals surface area (Å²) < 4.78 is 5.96. The van der Waals surface area contributed by atoms with Crippen LogP contribution in [0.4, 0.5) is 0 Å². The maximum Gasteiger partial charge on any atom is 0.254 e. The van der Waals surface area contributed by atoms with Gasteiger partial charge < -0.3 is 10.1 Å². The van der Waals surface area contributed by atoms with Crippen molar-refractivity contribution < 1.29 is 9.53 Å². The predicted molar refractivity (Wildman–Crippen MR) is 106 cm³/mol. The zero-order chi connectivity index (χ0) is 19.3. The number of benzene rings is 1. The van der Waals surface area contributed by atoms with Gasteiger partial charge in [0.1, 0.15) is 5.82 Å². The van der Waals surface area contributed by atoms with Crippen LogP contribution in [0, 0.1) is 0 Å². The smallest absolute Gasteiger partial charge is 0.254 e. The molecule has 1 atom stereocenters. The molecular formula is C22H29N3O2. The molecule has 0 spiro atoms. The second kappa shape index (κ2) is 8.17. The van der Waals surface area contributed by atoms with Crippen LogP contribution in [0.5, 0.6) is 0 Å². The number of carbonyl (C=O) groups is 1. The van der Waals surface area contributed by atoms with E-state index in [-0.39, 0.29) is 16.9 Å². The number of carbonyl (C=O) groups excluding carboxylic acids is 1. The van der Waals surface area contributed by atoms with Gasteiger partial charge in [0, 0.05) is 37.4 Å². The number of rotatable bonds is 6. The van der Waals surface area contributed by atoms with E-state index in [1.54, 1.807) is 12.4 Å². The molecule has 1 aliphatic rings. The number of amides is 1. The Morgan fingerprint density at radius 2 is 1.89 bits per heavy atom. The average molecular weight is 367 g/mol. The number of nitrogens with zero attached hydrogens (tertiary/aromatic N) is 2. The lowest BCUT2D eigenvalue weighted by molar-refractivity contribution is -0.0838. The van der Waals surface area contributed by atoms with Gasteiger partial charge in [-0.15, -0.1) is 0 Å². The number of hydrogen-bond donors (Lipinski definition) is 1. The molecule has 2 heterocycles. The summed E-state index contributed by atoms with van der Waals surface area (Å²) in [6.45, 7) is 7.64. The van der Waals surface area contributed by atoms with Crippen molar-refractivity contribution in [2.24, 2.45) is 0 Å². The predicted octanol–water partition coefficient (Wildman–Crippen LogP) is 3.69. The molecule has 1 aliphatic heterocycles. The van der Waals surface area contributed by atoms with Gasteiger partial charge in [-0.05, 0) is 38.7 Å². The molecule has 1 aromatic carbocycles. The minimum absolute atomic E-state index is 0.0128. The van der Waals surface area contributed by atoms with Crippen LogP contribution in [0.3, 0.4) is 0 Å². The molecule has 3 rings (SSSR count). The second-order valence-corrected chi connectivity index (χ2v) is 7.93. The van der Waals surface area contributed by atoms with E-state index in [1.807, 2.05) is 13.0 Å². The maximum atomic E-state index is 12.4. The first-order valence-corrected chi connectivity index (χ1v) is 9.73. The van der Waals surface area contributed by atoms with Gasteiger partial charge in [-0.1, -0.05) is 37.3 Å². The third kappa shape index (κ3) is 4.72. The molecule has 0 radical (unpaired) electrons. The van der Waals surface area contributed by atoms with Gasteiger partial charge in [0.2, 0.25) is 0 Å². The highest BCUT2D eigenvalue weighted by molar-refractivity contribution is 5.93. The van der Waals surface area contributed by atoms with E-state index in [0.717, 1.165) is 38.1 Å². The van der Waals surface area contributed by atoms with Gasteiger partial charge in [-0.2, -0.15) is 0 Å². The van der Waals surface area contributed by atoms with Gasteiger partial charge in [0.05, 0.1) is 11.2 Å². The minimum atomic E-state index is -0.165. The van der Waals surface area contributed by atoms with Crippen LogP contribution >= 0.6 is 0 Å². The Bertz CT molecular complexity index is 759. The fourth-order valence-corrected chi connectivity index (χ4v) is 4.04. The lowest BCUT2D eigenvalue weighted by atomic mass is 9.67. The maximum absolute atomic E-state index is 12.4. The highest BCUT2D eigenvalue weighted by atomic mass is 16.5. The molecule has 1 saturated heterocycles. The summed E-state index contributed by atoms with van der Waals surface area (Å²) in [7, 11) is 0. The number of nitrogens with one attached hydrogen (secondary N) is 1. The molecule has 0 saturated carbocycles. The van der Waals surface area contributed by atoms with Crippen molar-refractivity contribution in [3.63, 3.8) is 0 Å². The van der Waals surface area contributed by atoms with Crippen molar-refractivity contribution >= 4 is 5.91 Å². The van der Waals surface area contributed by atoms with E-state index in [2.05, 4.69) is 53.4 Å². The largest absolute Gasteiger partial charge is 0.376 e. The monoisotopic (exact) mass is 367 g/mol. The van der Waals surface area contributed by atoms with Crippen molar-refractivity contribution in [3.05, 3.63) is 59.7 Å². The second-order valence-electron chi connectivity index (χ2n) is 7.93. The molecule has 0 bridgehead atoms. The first-order valence-electron chi connectivity index (χ1n) is 9.73. The quantitative estimate of drug-likeness (QED) is 0.846. The SMILES string of the molecule is CCc1ncc(C(=O)NCC[C@]2(c3ccccc3)CCOC(C)(C)C2)cn1. The molecule has 1 amide bonds. The Labute approximate surface area is 161 Å². The molecule has 1 N–H and O–H groups in total. The molecule has 2 aromatic rings. The molecule has 0 aliphatic carbocycles. The average Bonchev–Trinajstić information content (AvgIpc) is 2.68. The van der Waals surface area contributed by atoms with Gasteiger partial charge in [0.15, 0.2) is 0 Å². The Morgan fingerprint density at radius 1 is 1.19 bits per heavy atom. The zero-order valence-corrected chi connectivity index (χ0v) is 16.5. The van der Waals surface area contributed by atoms with Crippen LogP contribution in [0.1, 0.15) is 61.8 Å². The van der Waals surface area contributed by atoms with Gasteiger partial charge in [0.25, 0.3) is 5.91 Å². The Kier molecular flexibility index (Phi) is 5.90. The summed E-state index contributed by atoms with van der Waals surface area (Å²) >= 11 is 0. The van der Waals surface area contributed by atoms with Crippen LogP contribution in [0.2, 0.25) is 0 Å². The van der Waals surface area contributed by atoms with Crippen molar-refractivity contribution in [2.45, 2.75) is 57.5 Å². The van der Waals surface area contributed by atoms with Crippen LogP contribution in [-0.4, -0.2) is 34.6 Å². The molecule has 0 unspecified atom stereocenters. The summed E-state index contributed by atoms with van der Waals surface area (Å²) in [4.78, 5) is 20.9. The van der Waals surface area contributed by atoms with Gasteiger partial charge >= 0.3 is 0 Å². The van der Waals surface area contributed by atoms with Crippen molar-refractivity contribution in [1.82, 2.24) is 15.3 Å². The summed E-state index contributed by atoms with van der Waals surface area (Å²) in [5, 5.41) is 3.05. The first kappa shape index (κ1) is 19.5.